The molecule has 0 spiro atoms. The second-order valence-electron chi connectivity index (χ2n) is 11.6. The Labute approximate surface area is 305 Å². The molecule has 0 radical (unpaired) electrons. The summed E-state index contributed by atoms with van der Waals surface area (Å²) in [4.78, 5) is 23.1. The summed E-state index contributed by atoms with van der Waals surface area (Å²) < 4.78 is 396. The lowest BCUT2D eigenvalue weighted by Gasteiger charge is -2.41. The van der Waals surface area contributed by atoms with Crippen molar-refractivity contribution in [1.82, 2.24) is 16.0 Å². The van der Waals surface area contributed by atoms with Gasteiger partial charge in [0.05, 0.1) is 0 Å². The van der Waals surface area contributed by atoms with E-state index < -0.39 is 147 Å². The molecule has 59 heavy (non-hydrogen) atoms. The molecule has 0 bridgehead atoms. The summed E-state index contributed by atoms with van der Waals surface area (Å²) in [5.74, 6) is -100. The number of carbonyl (C=O) groups is 2. The predicted molar refractivity (Wildman–Crippen MR) is 129 cm³/mol. The van der Waals surface area contributed by atoms with Gasteiger partial charge in [0.1, 0.15) is 0 Å². The summed E-state index contributed by atoms with van der Waals surface area (Å²) in [6.07, 6.45) is -25.9. The SMILES string of the molecule is O=C(CCC(F)(F)C(F)(F)C(F)(F)C(F)(F)C(F)(F)C(F)(F)C(F)(F)F)NCCNCCNC(=O)CCC(F)(F)C(F)(F)C(F)(F)C(F)(F)C(F)(F)C(F)(F)C(F)(F)F. The van der Waals surface area contributed by atoms with Crippen molar-refractivity contribution < 1.29 is 141 Å². The van der Waals surface area contributed by atoms with Gasteiger partial charge in [0.15, 0.2) is 0 Å². The first-order valence-corrected chi connectivity index (χ1v) is 14.4. The molecule has 0 aromatic heterocycles. The van der Waals surface area contributed by atoms with E-state index in [-0.39, 0.29) is 0 Å². The van der Waals surface area contributed by atoms with Gasteiger partial charge in [0.25, 0.3) is 0 Å². The highest BCUT2D eigenvalue weighted by Crippen LogP contribution is 2.64. The van der Waals surface area contributed by atoms with E-state index in [4.69, 9.17) is 0 Å². The van der Waals surface area contributed by atoms with E-state index in [9.17, 15) is 141 Å². The summed E-state index contributed by atoms with van der Waals surface area (Å²) in [6.45, 7) is -3.16. The zero-order valence-corrected chi connectivity index (χ0v) is 27.3. The molecule has 35 heteroatoms. The monoisotopic (exact) mass is 951 g/mol. The van der Waals surface area contributed by atoms with Gasteiger partial charge in [0.2, 0.25) is 11.8 Å². The van der Waals surface area contributed by atoms with Crippen LogP contribution in [0.2, 0.25) is 0 Å². The fourth-order valence-electron chi connectivity index (χ4n) is 3.74. The Morgan fingerprint density at radius 2 is 0.492 bits per heavy atom. The zero-order valence-electron chi connectivity index (χ0n) is 27.3. The van der Waals surface area contributed by atoms with Crippen molar-refractivity contribution in [2.24, 2.45) is 0 Å². The number of hydrogen-bond donors (Lipinski definition) is 3. The van der Waals surface area contributed by atoms with Crippen LogP contribution in [0.4, 0.5) is 132 Å². The molecule has 0 saturated carbocycles. The third-order valence-electron chi connectivity index (χ3n) is 7.37. The normalized spacial score (nSPS) is 15.7. The molecule has 3 N–H and O–H groups in total. The van der Waals surface area contributed by atoms with Gasteiger partial charge in [-0.3, -0.25) is 9.59 Å². The van der Waals surface area contributed by atoms with Crippen molar-refractivity contribution in [3.05, 3.63) is 0 Å². The first-order chi connectivity index (χ1) is 25.5. The molecule has 0 unspecified atom stereocenters. The molecule has 0 atom stereocenters. The van der Waals surface area contributed by atoms with Crippen LogP contribution in [-0.2, 0) is 9.59 Å². The van der Waals surface area contributed by atoms with Crippen LogP contribution < -0.4 is 16.0 Å². The summed E-state index contributed by atoms with van der Waals surface area (Å²) in [6, 6.07) is 0. The summed E-state index contributed by atoms with van der Waals surface area (Å²) in [5.41, 5.74) is 0. The molecule has 0 aliphatic rings. The molecule has 0 aromatic rings. The predicted octanol–water partition coefficient (Wildman–Crippen LogP) is 9.12. The van der Waals surface area contributed by atoms with E-state index in [1.165, 1.54) is 10.6 Å². The molecular formula is C24H19F30N3O2. The molecule has 2 amide bonds. The third kappa shape index (κ3) is 9.50. The van der Waals surface area contributed by atoms with E-state index in [1.807, 2.05) is 0 Å². The molecule has 0 rings (SSSR count). The topological polar surface area (TPSA) is 70.2 Å². The Balaban J connectivity index is 5.22. The van der Waals surface area contributed by atoms with Gasteiger partial charge in [-0.25, -0.2) is 0 Å². The first-order valence-electron chi connectivity index (χ1n) is 14.4. The number of halogens is 30. The van der Waals surface area contributed by atoms with Crippen molar-refractivity contribution in [2.75, 3.05) is 26.2 Å². The van der Waals surface area contributed by atoms with Gasteiger partial charge in [-0.2, -0.15) is 132 Å². The number of nitrogens with one attached hydrogen (secondary N) is 3. The van der Waals surface area contributed by atoms with Gasteiger partial charge in [-0.05, 0) is 0 Å². The lowest BCUT2D eigenvalue weighted by atomic mass is 9.89. The highest BCUT2D eigenvalue weighted by Gasteiger charge is 2.94. The lowest BCUT2D eigenvalue weighted by molar-refractivity contribution is -0.452. The van der Waals surface area contributed by atoms with Gasteiger partial charge in [0, 0.05) is 51.9 Å². The Morgan fingerprint density at radius 3 is 0.712 bits per heavy atom. The van der Waals surface area contributed by atoms with Gasteiger partial charge >= 0.3 is 83.4 Å². The molecule has 0 aliphatic heterocycles. The number of alkyl halides is 30. The number of amides is 2. The van der Waals surface area contributed by atoms with Gasteiger partial charge in [-0.1, -0.05) is 0 Å². The summed E-state index contributed by atoms with van der Waals surface area (Å²) >= 11 is 0. The van der Waals surface area contributed by atoms with E-state index in [0.29, 0.717) is 0 Å². The van der Waals surface area contributed by atoms with Crippen LogP contribution in [0.1, 0.15) is 25.7 Å². The maximum absolute atomic E-state index is 13.8. The average Bonchev–Trinajstić information content (AvgIpc) is 3.03. The first kappa shape index (κ1) is 55.8. The van der Waals surface area contributed by atoms with Crippen LogP contribution in [-0.4, -0.2) is 121 Å². The largest absolute Gasteiger partial charge is 0.460 e. The molecule has 352 valence electrons. The van der Waals surface area contributed by atoms with E-state index in [2.05, 4.69) is 5.32 Å². The molecular weight excluding hydrogens is 932 g/mol. The smallest absolute Gasteiger partial charge is 0.355 e. The fraction of sp³-hybridized carbons (Fsp3) is 0.917. The van der Waals surface area contributed by atoms with Crippen LogP contribution in [0.25, 0.3) is 0 Å². The van der Waals surface area contributed by atoms with Crippen LogP contribution >= 0.6 is 0 Å². The summed E-state index contributed by atoms with van der Waals surface area (Å²) in [5, 5.41) is 5.03. The minimum atomic E-state index is -8.56. The van der Waals surface area contributed by atoms with E-state index in [0.717, 1.165) is 0 Å². The maximum Gasteiger partial charge on any atom is 0.460 e. The van der Waals surface area contributed by atoms with Crippen LogP contribution in [0, 0.1) is 0 Å². The van der Waals surface area contributed by atoms with E-state index >= 15 is 0 Å². The fourth-order valence-corrected chi connectivity index (χ4v) is 3.74. The molecule has 0 fully saturated rings. The second-order valence-corrected chi connectivity index (χ2v) is 11.6. The quantitative estimate of drug-likeness (QED) is 0.0750. The third-order valence-corrected chi connectivity index (χ3v) is 7.37. The van der Waals surface area contributed by atoms with Crippen LogP contribution in [0.5, 0.6) is 0 Å². The number of carbonyl (C=O) groups excluding carboxylic acids is 2. The minimum Gasteiger partial charge on any atom is -0.355 e. The van der Waals surface area contributed by atoms with Crippen LogP contribution in [0.15, 0.2) is 0 Å². The Kier molecular flexibility index (Phi) is 15.7. The summed E-state index contributed by atoms with van der Waals surface area (Å²) in [7, 11) is 0. The maximum atomic E-state index is 13.8. The van der Waals surface area contributed by atoms with Gasteiger partial charge in [-0.15, -0.1) is 0 Å². The standard InChI is InChI=1S/C24H19F30N3O2/c25-11(26,13(29,30)15(33,34)17(37,38)19(41,42)21(45,46)23(49,50)51)3-1-9(58)56-7-5-55-6-8-57-10(59)2-4-12(27,28)14(31,32)16(35,36)18(39,40)20(43,44)22(47,48)24(52,53)54/h55H,1-8H2,(H,56,58)(H,57,59). The van der Waals surface area contributed by atoms with Crippen molar-refractivity contribution in [3.63, 3.8) is 0 Å². The highest BCUT2D eigenvalue weighted by molar-refractivity contribution is 5.76. The van der Waals surface area contributed by atoms with E-state index in [1.54, 1.807) is 0 Å². The van der Waals surface area contributed by atoms with Crippen molar-refractivity contribution in [1.29, 1.82) is 0 Å². The Hall–Kier alpha value is -3.20. The second kappa shape index (κ2) is 16.6. The highest BCUT2D eigenvalue weighted by atomic mass is 19.4. The molecule has 5 nitrogen and oxygen atoms in total. The number of hydrogen-bond acceptors (Lipinski definition) is 3. The molecule has 0 saturated heterocycles. The average molecular weight is 951 g/mol. The minimum absolute atomic E-state index is 0.688. The molecule has 0 aliphatic carbocycles. The van der Waals surface area contributed by atoms with Crippen LogP contribution in [0.3, 0.4) is 0 Å². The Bertz CT molecular complexity index is 1340. The van der Waals surface area contributed by atoms with Gasteiger partial charge < -0.3 is 16.0 Å². The van der Waals surface area contributed by atoms with Crippen molar-refractivity contribution >= 4 is 11.8 Å². The van der Waals surface area contributed by atoms with Crippen molar-refractivity contribution in [2.45, 2.75) is 109 Å². The molecule has 0 aromatic carbocycles. The number of rotatable bonds is 22. The molecule has 0 heterocycles. The zero-order chi connectivity index (χ0) is 47.9. The Morgan fingerprint density at radius 1 is 0.288 bits per heavy atom. The lowest BCUT2D eigenvalue weighted by Crippen LogP contribution is -2.72. The van der Waals surface area contributed by atoms with Crippen molar-refractivity contribution in [3.8, 4) is 0 Å².